The monoisotopic (exact) mass is 375 g/mol. The smallest absolute Gasteiger partial charge is 0.143 e. The number of fused-ring (bicyclic) bond motifs is 2. The molecule has 1 aliphatic carbocycles. The van der Waals surface area contributed by atoms with E-state index in [1.807, 2.05) is 0 Å². The zero-order chi connectivity index (χ0) is 18.7. The fourth-order valence-corrected chi connectivity index (χ4v) is 5.27. The third-order valence-corrected chi connectivity index (χ3v) is 6.70. The van der Waals surface area contributed by atoms with Gasteiger partial charge in [0.2, 0.25) is 0 Å². The number of aromatic amines is 1. The van der Waals surface area contributed by atoms with Gasteiger partial charge in [-0.15, -0.1) is 0 Å². The first-order valence-corrected chi connectivity index (χ1v) is 10.2. The molecule has 3 aromatic rings. The summed E-state index contributed by atoms with van der Waals surface area (Å²) >= 11 is 0. The van der Waals surface area contributed by atoms with Crippen LogP contribution in [0.3, 0.4) is 0 Å². The lowest BCUT2D eigenvalue weighted by Gasteiger charge is -2.59. The molecule has 2 fully saturated rings. The van der Waals surface area contributed by atoms with E-state index < -0.39 is 0 Å². The van der Waals surface area contributed by atoms with Crippen LogP contribution in [0.25, 0.3) is 11.0 Å². The molecule has 6 rings (SSSR count). The molecule has 144 valence electrons. The van der Waals surface area contributed by atoms with Gasteiger partial charge in [-0.1, -0.05) is 24.3 Å². The van der Waals surface area contributed by atoms with Gasteiger partial charge in [0.1, 0.15) is 17.8 Å². The summed E-state index contributed by atoms with van der Waals surface area (Å²) in [6, 6.07) is 11.7. The third kappa shape index (κ3) is 2.48. The second-order valence-electron chi connectivity index (χ2n) is 8.76. The predicted molar refractivity (Wildman–Crippen MR) is 108 cm³/mol. The van der Waals surface area contributed by atoms with E-state index in [1.165, 1.54) is 17.5 Å². The van der Waals surface area contributed by atoms with E-state index in [0.717, 1.165) is 55.3 Å². The molecule has 2 N–H and O–H groups in total. The number of rotatable bonds is 3. The number of hydrogen-bond acceptors (Lipinski definition) is 5. The Balaban J connectivity index is 1.36. The molecule has 0 bridgehead atoms. The fraction of sp³-hybridized carbons (Fsp3) is 0.455. The standard InChI is InChI=1S/C22H25N5O/c1-14-8-17-20(25-14)23-13-24-21(17)26-19-16-5-3-2-4-15(16)6-7-18(19)27-9-22(10-27)11-28-12-22/h2-5,8,13,18-19H,6-7,9-12H2,1H3,(H2,23,24,25,26)/t18-,19-/m0/s1. The van der Waals surface area contributed by atoms with Crippen molar-refractivity contribution in [3.63, 3.8) is 0 Å². The fourth-order valence-electron chi connectivity index (χ4n) is 5.27. The van der Waals surface area contributed by atoms with Crippen molar-refractivity contribution in [2.24, 2.45) is 5.41 Å². The summed E-state index contributed by atoms with van der Waals surface area (Å²) in [4.78, 5) is 15.0. The predicted octanol–water partition coefficient (Wildman–Crippen LogP) is 3.07. The molecule has 2 atom stereocenters. The van der Waals surface area contributed by atoms with Crippen molar-refractivity contribution >= 4 is 16.9 Å². The molecule has 0 unspecified atom stereocenters. The first-order chi connectivity index (χ1) is 13.7. The van der Waals surface area contributed by atoms with E-state index in [4.69, 9.17) is 4.74 Å². The molecule has 2 aliphatic heterocycles. The van der Waals surface area contributed by atoms with Crippen molar-refractivity contribution in [2.45, 2.75) is 31.8 Å². The number of nitrogens with zero attached hydrogens (tertiary/aromatic N) is 3. The van der Waals surface area contributed by atoms with Gasteiger partial charge in [-0.3, -0.25) is 4.90 Å². The highest BCUT2D eigenvalue weighted by Crippen LogP contribution is 2.44. The SMILES string of the molecule is Cc1cc2c(N[C@H]3c4ccccc4CC[C@@H]3N3CC4(COC4)C3)ncnc2[nH]1. The number of aryl methyl sites for hydroxylation is 2. The Morgan fingerprint density at radius 3 is 2.89 bits per heavy atom. The van der Waals surface area contributed by atoms with Gasteiger partial charge in [-0.2, -0.15) is 0 Å². The summed E-state index contributed by atoms with van der Waals surface area (Å²) < 4.78 is 5.48. The van der Waals surface area contributed by atoms with Crippen molar-refractivity contribution in [1.29, 1.82) is 0 Å². The number of ether oxygens (including phenoxy) is 1. The van der Waals surface area contributed by atoms with Crippen LogP contribution in [0.4, 0.5) is 5.82 Å². The number of anilines is 1. The molecule has 6 nitrogen and oxygen atoms in total. The first-order valence-electron chi connectivity index (χ1n) is 10.2. The topological polar surface area (TPSA) is 66.1 Å². The van der Waals surface area contributed by atoms with Crippen molar-refractivity contribution in [3.8, 4) is 0 Å². The maximum atomic E-state index is 5.48. The molecule has 6 heteroatoms. The Morgan fingerprint density at radius 2 is 2.07 bits per heavy atom. The summed E-state index contributed by atoms with van der Waals surface area (Å²) in [6.45, 7) is 6.23. The van der Waals surface area contributed by atoms with Gasteiger partial charge in [-0.25, -0.2) is 9.97 Å². The molecule has 1 spiro atoms. The molecule has 0 saturated carbocycles. The Hall–Kier alpha value is -2.44. The molecule has 0 radical (unpaired) electrons. The summed E-state index contributed by atoms with van der Waals surface area (Å²) in [5, 5.41) is 4.88. The van der Waals surface area contributed by atoms with E-state index >= 15 is 0 Å². The van der Waals surface area contributed by atoms with Crippen LogP contribution >= 0.6 is 0 Å². The van der Waals surface area contributed by atoms with Crippen LogP contribution in [-0.2, 0) is 11.2 Å². The lowest BCUT2D eigenvalue weighted by Crippen LogP contribution is -2.69. The molecule has 3 aliphatic rings. The number of nitrogens with one attached hydrogen (secondary N) is 2. The van der Waals surface area contributed by atoms with E-state index in [0.29, 0.717) is 11.5 Å². The molecule has 2 aromatic heterocycles. The van der Waals surface area contributed by atoms with Crippen molar-refractivity contribution in [1.82, 2.24) is 19.9 Å². The zero-order valence-corrected chi connectivity index (χ0v) is 16.1. The average molecular weight is 375 g/mol. The van der Waals surface area contributed by atoms with Gasteiger partial charge in [0.25, 0.3) is 0 Å². The molecular formula is C22H25N5O. The highest BCUT2D eigenvalue weighted by molar-refractivity contribution is 5.87. The number of aromatic nitrogens is 3. The van der Waals surface area contributed by atoms with Crippen LogP contribution in [0.5, 0.6) is 0 Å². The summed E-state index contributed by atoms with van der Waals surface area (Å²) in [5.41, 5.74) is 5.29. The molecule has 4 heterocycles. The highest BCUT2D eigenvalue weighted by Gasteiger charge is 2.52. The van der Waals surface area contributed by atoms with Crippen LogP contribution in [0, 0.1) is 12.3 Å². The van der Waals surface area contributed by atoms with Crippen LogP contribution in [0.1, 0.15) is 29.3 Å². The van der Waals surface area contributed by atoms with E-state index in [1.54, 1.807) is 6.33 Å². The lowest BCUT2D eigenvalue weighted by atomic mass is 9.74. The van der Waals surface area contributed by atoms with Gasteiger partial charge in [0, 0.05) is 30.2 Å². The minimum Gasteiger partial charge on any atom is -0.380 e. The summed E-state index contributed by atoms with van der Waals surface area (Å²) in [7, 11) is 0. The van der Waals surface area contributed by atoms with Gasteiger partial charge in [-0.05, 0) is 37.0 Å². The Labute approximate surface area is 164 Å². The normalized spacial score (nSPS) is 25.9. The maximum Gasteiger partial charge on any atom is 0.143 e. The number of benzene rings is 1. The Bertz CT molecular complexity index is 1030. The average Bonchev–Trinajstić information content (AvgIpc) is 3.02. The van der Waals surface area contributed by atoms with Crippen molar-refractivity contribution < 1.29 is 4.74 Å². The van der Waals surface area contributed by atoms with Crippen LogP contribution in [0.2, 0.25) is 0 Å². The van der Waals surface area contributed by atoms with E-state index in [9.17, 15) is 0 Å². The van der Waals surface area contributed by atoms with Crippen molar-refractivity contribution in [3.05, 3.63) is 53.5 Å². The molecule has 0 amide bonds. The summed E-state index contributed by atoms with van der Waals surface area (Å²) in [5.74, 6) is 0.920. The van der Waals surface area contributed by atoms with Gasteiger partial charge in [0.15, 0.2) is 0 Å². The largest absolute Gasteiger partial charge is 0.380 e. The van der Waals surface area contributed by atoms with Crippen LogP contribution < -0.4 is 5.32 Å². The van der Waals surface area contributed by atoms with Gasteiger partial charge < -0.3 is 15.0 Å². The van der Waals surface area contributed by atoms with E-state index in [-0.39, 0.29) is 6.04 Å². The summed E-state index contributed by atoms with van der Waals surface area (Å²) in [6.07, 6.45) is 3.96. The van der Waals surface area contributed by atoms with Gasteiger partial charge >= 0.3 is 0 Å². The van der Waals surface area contributed by atoms with Gasteiger partial charge in [0.05, 0.1) is 24.6 Å². The highest BCUT2D eigenvalue weighted by atomic mass is 16.5. The zero-order valence-electron chi connectivity index (χ0n) is 16.1. The quantitative estimate of drug-likeness (QED) is 0.737. The lowest BCUT2D eigenvalue weighted by molar-refractivity contribution is -0.200. The number of H-pyrrole nitrogens is 1. The molecule has 1 aromatic carbocycles. The van der Waals surface area contributed by atoms with Crippen LogP contribution in [0.15, 0.2) is 36.7 Å². The van der Waals surface area contributed by atoms with Crippen molar-refractivity contribution in [2.75, 3.05) is 31.6 Å². The number of hydrogen-bond donors (Lipinski definition) is 2. The maximum absolute atomic E-state index is 5.48. The Kier molecular flexibility index (Phi) is 3.55. The first kappa shape index (κ1) is 16.5. The second-order valence-corrected chi connectivity index (χ2v) is 8.76. The second kappa shape index (κ2) is 6.03. The molecule has 2 saturated heterocycles. The minimum atomic E-state index is 0.233. The van der Waals surface area contributed by atoms with Crippen LogP contribution in [-0.4, -0.2) is 52.2 Å². The molecule has 28 heavy (non-hydrogen) atoms. The third-order valence-electron chi connectivity index (χ3n) is 6.70. The van der Waals surface area contributed by atoms with E-state index in [2.05, 4.69) is 62.4 Å². The number of likely N-dealkylation sites (tertiary alicyclic amines) is 1. The Morgan fingerprint density at radius 1 is 1.21 bits per heavy atom. The molecular weight excluding hydrogens is 350 g/mol. The minimum absolute atomic E-state index is 0.233.